The Kier molecular flexibility index (Phi) is 2.64. The van der Waals surface area contributed by atoms with Crippen LogP contribution < -0.4 is 0 Å². The van der Waals surface area contributed by atoms with E-state index in [0.29, 0.717) is 10.2 Å². The van der Waals surface area contributed by atoms with Gasteiger partial charge in [-0.1, -0.05) is 18.3 Å². The van der Waals surface area contributed by atoms with Gasteiger partial charge in [0.05, 0.1) is 0 Å². The predicted octanol–water partition coefficient (Wildman–Crippen LogP) is 3.86. The minimum atomic E-state index is -0.187. The molecule has 0 unspecified atom stereocenters. The van der Waals surface area contributed by atoms with Crippen molar-refractivity contribution in [3.8, 4) is 11.3 Å². The lowest BCUT2D eigenvalue weighted by molar-refractivity contribution is 0.619. The van der Waals surface area contributed by atoms with E-state index in [1.807, 2.05) is 18.2 Å². The van der Waals surface area contributed by atoms with E-state index < -0.39 is 0 Å². The Balaban J connectivity index is 2.55. The molecule has 3 heteroatoms. The first-order valence-electron chi connectivity index (χ1n) is 4.63. The molecule has 0 bridgehead atoms. The van der Waals surface area contributed by atoms with Crippen LogP contribution in [0.5, 0.6) is 0 Å². The number of hydrogen-bond acceptors (Lipinski definition) is 1. The van der Waals surface area contributed by atoms with Crippen LogP contribution in [0.25, 0.3) is 11.3 Å². The van der Waals surface area contributed by atoms with E-state index in [1.54, 1.807) is 19.1 Å². The molecule has 15 heavy (non-hydrogen) atoms. The average molecular weight is 219 g/mol. The zero-order valence-electron chi connectivity index (χ0n) is 8.25. The van der Waals surface area contributed by atoms with Gasteiger partial charge in [0.15, 0.2) is 0 Å². The van der Waals surface area contributed by atoms with E-state index in [2.05, 4.69) is 4.98 Å². The van der Waals surface area contributed by atoms with E-state index >= 15 is 0 Å². The molecule has 0 fully saturated rings. The molecule has 2 aromatic rings. The topological polar surface area (TPSA) is 15.8 Å². The summed E-state index contributed by atoms with van der Waals surface area (Å²) in [7, 11) is 0. The van der Waals surface area contributed by atoms with Gasteiger partial charge in [0.1, 0.15) is 10.5 Å². The van der Waals surface area contributed by atoms with Crippen molar-refractivity contribution in [2.75, 3.05) is 0 Å². The molecular formula is C12H10FNS. The maximum atomic E-state index is 13.1. The highest BCUT2D eigenvalue weighted by atomic mass is 32.1. The lowest BCUT2D eigenvalue weighted by Gasteiger charge is -2.03. The Morgan fingerprint density at radius 2 is 2.00 bits per heavy atom. The Morgan fingerprint density at radius 1 is 1.20 bits per heavy atom. The lowest BCUT2D eigenvalue weighted by atomic mass is 10.1. The number of H-pyrrole nitrogens is 1. The maximum absolute atomic E-state index is 13.1. The molecule has 0 saturated heterocycles. The molecule has 0 aliphatic carbocycles. The second-order valence-electron chi connectivity index (χ2n) is 3.39. The summed E-state index contributed by atoms with van der Waals surface area (Å²) in [6.45, 7) is 1.75. The average Bonchev–Trinajstić information content (AvgIpc) is 2.22. The number of aromatic amines is 1. The fourth-order valence-corrected chi connectivity index (χ4v) is 1.62. The lowest BCUT2D eigenvalue weighted by Crippen LogP contribution is -1.87. The van der Waals surface area contributed by atoms with Crippen LogP contribution >= 0.6 is 12.2 Å². The smallest absolute Gasteiger partial charge is 0.126 e. The fraction of sp³-hybridized carbons (Fsp3) is 0.0833. The van der Waals surface area contributed by atoms with Crippen LogP contribution in [0.15, 0.2) is 36.4 Å². The van der Waals surface area contributed by atoms with E-state index in [1.165, 1.54) is 6.07 Å². The molecule has 1 heterocycles. The molecule has 0 radical (unpaired) electrons. The fourth-order valence-electron chi connectivity index (χ4n) is 1.43. The summed E-state index contributed by atoms with van der Waals surface area (Å²) in [6.07, 6.45) is 0. The van der Waals surface area contributed by atoms with Crippen molar-refractivity contribution in [2.24, 2.45) is 0 Å². The normalized spacial score (nSPS) is 10.3. The van der Waals surface area contributed by atoms with Crippen molar-refractivity contribution in [3.63, 3.8) is 0 Å². The van der Waals surface area contributed by atoms with Crippen LogP contribution in [0.4, 0.5) is 4.39 Å². The van der Waals surface area contributed by atoms with Crippen LogP contribution in [0.1, 0.15) is 5.56 Å². The number of rotatable bonds is 1. The van der Waals surface area contributed by atoms with Gasteiger partial charge in [-0.3, -0.25) is 0 Å². The van der Waals surface area contributed by atoms with Crippen molar-refractivity contribution >= 4 is 12.2 Å². The molecule has 0 aliphatic heterocycles. The highest BCUT2D eigenvalue weighted by molar-refractivity contribution is 7.71. The third-order valence-electron chi connectivity index (χ3n) is 2.24. The summed E-state index contributed by atoms with van der Waals surface area (Å²) in [5.41, 5.74) is 2.49. The van der Waals surface area contributed by atoms with Gasteiger partial charge in [0.2, 0.25) is 0 Å². The Morgan fingerprint density at radius 3 is 2.67 bits per heavy atom. The summed E-state index contributed by atoms with van der Waals surface area (Å²) in [4.78, 5) is 3.06. The highest BCUT2D eigenvalue weighted by Gasteiger charge is 2.01. The number of aryl methyl sites for hydroxylation is 1. The third-order valence-corrected chi connectivity index (χ3v) is 2.48. The van der Waals surface area contributed by atoms with Gasteiger partial charge >= 0.3 is 0 Å². The summed E-state index contributed by atoms with van der Waals surface area (Å²) < 4.78 is 13.7. The van der Waals surface area contributed by atoms with Crippen molar-refractivity contribution in [3.05, 3.63) is 52.4 Å². The second kappa shape index (κ2) is 3.95. The molecule has 2 rings (SSSR count). The first-order chi connectivity index (χ1) is 7.16. The SMILES string of the molecule is Cc1cc(-c2cccc(=S)[nH]2)ccc1F. The zero-order valence-corrected chi connectivity index (χ0v) is 9.07. The number of aromatic nitrogens is 1. The zero-order chi connectivity index (χ0) is 10.8. The van der Waals surface area contributed by atoms with Gasteiger partial charge in [-0.05, 0) is 48.4 Å². The molecule has 0 aliphatic rings. The van der Waals surface area contributed by atoms with Gasteiger partial charge in [0, 0.05) is 5.69 Å². The third kappa shape index (κ3) is 2.13. The van der Waals surface area contributed by atoms with Gasteiger partial charge in [-0.2, -0.15) is 0 Å². The molecule has 0 atom stereocenters. The Labute approximate surface area is 92.6 Å². The van der Waals surface area contributed by atoms with Crippen molar-refractivity contribution in [1.82, 2.24) is 4.98 Å². The maximum Gasteiger partial charge on any atom is 0.126 e. The minimum Gasteiger partial charge on any atom is -0.346 e. The van der Waals surface area contributed by atoms with Crippen LogP contribution in [-0.4, -0.2) is 4.98 Å². The quantitative estimate of drug-likeness (QED) is 0.720. The molecule has 1 aromatic carbocycles. The number of nitrogens with one attached hydrogen (secondary N) is 1. The predicted molar refractivity (Wildman–Crippen MR) is 61.8 cm³/mol. The number of benzene rings is 1. The molecule has 0 spiro atoms. The highest BCUT2D eigenvalue weighted by Crippen LogP contribution is 2.19. The Hall–Kier alpha value is -1.48. The summed E-state index contributed by atoms with van der Waals surface area (Å²) >= 11 is 5.03. The molecule has 1 N–H and O–H groups in total. The van der Waals surface area contributed by atoms with Crippen molar-refractivity contribution in [1.29, 1.82) is 0 Å². The first-order valence-corrected chi connectivity index (χ1v) is 5.03. The van der Waals surface area contributed by atoms with Crippen molar-refractivity contribution < 1.29 is 4.39 Å². The Bertz CT molecular complexity index is 545. The monoisotopic (exact) mass is 219 g/mol. The second-order valence-corrected chi connectivity index (χ2v) is 3.83. The van der Waals surface area contributed by atoms with E-state index in [4.69, 9.17) is 12.2 Å². The van der Waals surface area contributed by atoms with Gasteiger partial charge < -0.3 is 4.98 Å². The molecule has 0 saturated carbocycles. The molecule has 1 nitrogen and oxygen atoms in total. The van der Waals surface area contributed by atoms with Crippen LogP contribution in [0, 0.1) is 17.4 Å². The van der Waals surface area contributed by atoms with Crippen LogP contribution in [0.2, 0.25) is 0 Å². The molecule has 76 valence electrons. The molecular weight excluding hydrogens is 209 g/mol. The van der Waals surface area contributed by atoms with Gasteiger partial charge in [0.25, 0.3) is 0 Å². The number of halogens is 1. The number of hydrogen-bond donors (Lipinski definition) is 1. The van der Waals surface area contributed by atoms with Crippen LogP contribution in [-0.2, 0) is 0 Å². The van der Waals surface area contributed by atoms with Crippen molar-refractivity contribution in [2.45, 2.75) is 6.92 Å². The number of pyridine rings is 1. The first kappa shape index (κ1) is 10.1. The molecule has 1 aromatic heterocycles. The summed E-state index contributed by atoms with van der Waals surface area (Å²) in [6, 6.07) is 10.6. The van der Waals surface area contributed by atoms with E-state index in [-0.39, 0.29) is 5.82 Å². The largest absolute Gasteiger partial charge is 0.346 e. The van der Waals surface area contributed by atoms with Gasteiger partial charge in [-0.15, -0.1) is 0 Å². The minimum absolute atomic E-state index is 0.187. The van der Waals surface area contributed by atoms with Gasteiger partial charge in [-0.25, -0.2) is 4.39 Å². The summed E-state index contributed by atoms with van der Waals surface area (Å²) in [5.74, 6) is -0.187. The van der Waals surface area contributed by atoms with Crippen LogP contribution in [0.3, 0.4) is 0 Å². The van der Waals surface area contributed by atoms with E-state index in [9.17, 15) is 4.39 Å². The molecule has 0 amide bonds. The standard InChI is InChI=1S/C12H10FNS/c1-8-7-9(5-6-10(8)13)11-3-2-4-12(15)14-11/h2-7H,1H3,(H,14,15). The van der Waals surface area contributed by atoms with E-state index in [0.717, 1.165) is 11.3 Å². The summed E-state index contributed by atoms with van der Waals surface area (Å²) in [5, 5.41) is 0.